The lowest BCUT2D eigenvalue weighted by Crippen LogP contribution is -1.84. The van der Waals surface area contributed by atoms with Crippen LogP contribution in [0, 0.1) is 0 Å². The Morgan fingerprint density at radius 1 is 0.947 bits per heavy atom. The monoisotopic (exact) mass is 250 g/mol. The highest BCUT2D eigenvalue weighted by atomic mass is 16.3. The Hall–Kier alpha value is -2.02. The molecule has 0 unspecified atom stereocenters. The molecule has 3 rings (SSSR count). The topological polar surface area (TPSA) is 13.1 Å². The minimum atomic E-state index is 0.947. The van der Waals surface area contributed by atoms with Gasteiger partial charge in [0.05, 0.1) is 0 Å². The Morgan fingerprint density at radius 3 is 2.47 bits per heavy atom. The molecule has 1 nitrogen and oxygen atoms in total. The SMILES string of the molecule is CCCCc1ccc(-c2cc3ccccc3o2)cc1. The third-order valence-electron chi connectivity index (χ3n) is 3.48. The van der Waals surface area contributed by atoms with E-state index in [1.54, 1.807) is 0 Å². The van der Waals surface area contributed by atoms with Crippen molar-refractivity contribution >= 4 is 11.0 Å². The van der Waals surface area contributed by atoms with E-state index in [-0.39, 0.29) is 0 Å². The summed E-state index contributed by atoms with van der Waals surface area (Å²) in [7, 11) is 0. The number of furan rings is 1. The standard InChI is InChI=1S/C18H18O/c1-2-3-6-14-9-11-15(12-10-14)18-13-16-7-4-5-8-17(16)19-18/h4-5,7-13H,2-3,6H2,1H3. The number of unbranched alkanes of at least 4 members (excludes halogenated alkanes) is 1. The fourth-order valence-corrected chi connectivity index (χ4v) is 2.34. The third-order valence-corrected chi connectivity index (χ3v) is 3.48. The summed E-state index contributed by atoms with van der Waals surface area (Å²) in [5, 5.41) is 1.16. The predicted octanol–water partition coefficient (Wildman–Crippen LogP) is 5.44. The summed E-state index contributed by atoms with van der Waals surface area (Å²) in [5.74, 6) is 0.947. The quantitative estimate of drug-likeness (QED) is 0.600. The molecule has 1 heteroatoms. The van der Waals surface area contributed by atoms with E-state index in [4.69, 9.17) is 4.42 Å². The van der Waals surface area contributed by atoms with Crippen LogP contribution in [0.5, 0.6) is 0 Å². The van der Waals surface area contributed by atoms with E-state index in [0.29, 0.717) is 0 Å². The summed E-state index contributed by atoms with van der Waals surface area (Å²) in [6.07, 6.45) is 3.66. The van der Waals surface area contributed by atoms with Crippen molar-refractivity contribution in [3.05, 3.63) is 60.2 Å². The molecule has 1 heterocycles. The second kappa shape index (κ2) is 5.31. The molecule has 1 aromatic heterocycles. The van der Waals surface area contributed by atoms with Gasteiger partial charge in [-0.15, -0.1) is 0 Å². The van der Waals surface area contributed by atoms with E-state index < -0.39 is 0 Å². The highest BCUT2D eigenvalue weighted by Gasteiger charge is 2.05. The van der Waals surface area contributed by atoms with Gasteiger partial charge in [-0.2, -0.15) is 0 Å². The number of benzene rings is 2. The number of aryl methyl sites for hydroxylation is 1. The smallest absolute Gasteiger partial charge is 0.135 e. The van der Waals surface area contributed by atoms with Crippen LogP contribution in [0.4, 0.5) is 0 Å². The van der Waals surface area contributed by atoms with Gasteiger partial charge in [-0.3, -0.25) is 0 Å². The number of para-hydroxylation sites is 1. The zero-order valence-corrected chi connectivity index (χ0v) is 11.2. The van der Waals surface area contributed by atoms with Crippen LogP contribution in [0.1, 0.15) is 25.3 Å². The molecule has 0 N–H and O–H groups in total. The highest BCUT2D eigenvalue weighted by Crippen LogP contribution is 2.27. The molecule has 0 aliphatic rings. The normalized spacial score (nSPS) is 11.0. The summed E-state index contributed by atoms with van der Waals surface area (Å²) in [6.45, 7) is 2.22. The van der Waals surface area contributed by atoms with Gasteiger partial charge >= 0.3 is 0 Å². The van der Waals surface area contributed by atoms with E-state index in [9.17, 15) is 0 Å². The first-order valence-electron chi connectivity index (χ1n) is 6.94. The molecule has 0 spiro atoms. The average Bonchev–Trinajstić information content (AvgIpc) is 2.89. The van der Waals surface area contributed by atoms with E-state index in [1.807, 2.05) is 18.2 Å². The second-order valence-corrected chi connectivity index (χ2v) is 4.95. The molecular weight excluding hydrogens is 232 g/mol. The summed E-state index contributed by atoms with van der Waals surface area (Å²) >= 11 is 0. The van der Waals surface area contributed by atoms with E-state index in [1.165, 1.54) is 18.4 Å². The van der Waals surface area contributed by atoms with Crippen molar-refractivity contribution in [2.45, 2.75) is 26.2 Å². The molecule has 0 amide bonds. The van der Waals surface area contributed by atoms with Crippen LogP contribution in [-0.2, 0) is 6.42 Å². The lowest BCUT2D eigenvalue weighted by atomic mass is 10.1. The third kappa shape index (κ3) is 2.55. The first kappa shape index (κ1) is 12.0. The summed E-state index contributed by atoms with van der Waals surface area (Å²) < 4.78 is 5.88. The van der Waals surface area contributed by atoms with Crippen LogP contribution in [0.25, 0.3) is 22.3 Å². The molecule has 19 heavy (non-hydrogen) atoms. The molecule has 0 fully saturated rings. The maximum absolute atomic E-state index is 5.88. The van der Waals surface area contributed by atoms with Gasteiger partial charge in [0.25, 0.3) is 0 Å². The van der Waals surface area contributed by atoms with Crippen molar-refractivity contribution < 1.29 is 4.42 Å². The number of hydrogen-bond donors (Lipinski definition) is 0. The van der Waals surface area contributed by atoms with Gasteiger partial charge in [-0.05, 0) is 30.5 Å². The van der Waals surface area contributed by atoms with Crippen molar-refractivity contribution in [3.63, 3.8) is 0 Å². The molecule has 0 atom stereocenters. The fourth-order valence-electron chi connectivity index (χ4n) is 2.34. The Balaban J connectivity index is 1.88. The van der Waals surface area contributed by atoms with E-state index in [0.717, 1.165) is 28.7 Å². The van der Waals surface area contributed by atoms with Crippen LogP contribution in [0.3, 0.4) is 0 Å². The Morgan fingerprint density at radius 2 is 1.74 bits per heavy atom. The Bertz CT molecular complexity index is 628. The predicted molar refractivity (Wildman–Crippen MR) is 80.3 cm³/mol. The van der Waals surface area contributed by atoms with Crippen LogP contribution in [0.15, 0.2) is 59.0 Å². The molecule has 96 valence electrons. The minimum Gasteiger partial charge on any atom is -0.456 e. The van der Waals surface area contributed by atoms with Crippen LogP contribution < -0.4 is 0 Å². The van der Waals surface area contributed by atoms with Gasteiger partial charge in [-0.1, -0.05) is 55.8 Å². The highest BCUT2D eigenvalue weighted by molar-refractivity contribution is 5.82. The molecule has 3 aromatic rings. The lowest BCUT2D eigenvalue weighted by molar-refractivity contribution is 0.631. The summed E-state index contributed by atoms with van der Waals surface area (Å²) in [4.78, 5) is 0. The average molecular weight is 250 g/mol. The molecule has 0 bridgehead atoms. The van der Waals surface area contributed by atoms with Crippen LogP contribution in [-0.4, -0.2) is 0 Å². The lowest BCUT2D eigenvalue weighted by Gasteiger charge is -2.01. The van der Waals surface area contributed by atoms with Crippen molar-refractivity contribution in [2.75, 3.05) is 0 Å². The molecule has 0 saturated heterocycles. The van der Waals surface area contributed by atoms with Crippen molar-refractivity contribution in [2.24, 2.45) is 0 Å². The first-order valence-corrected chi connectivity index (χ1v) is 6.94. The maximum atomic E-state index is 5.88. The molecule has 0 saturated carbocycles. The van der Waals surface area contributed by atoms with Gasteiger partial charge in [0.2, 0.25) is 0 Å². The summed E-state index contributed by atoms with van der Waals surface area (Å²) in [6, 6.07) is 19.0. The van der Waals surface area contributed by atoms with Crippen molar-refractivity contribution in [3.8, 4) is 11.3 Å². The number of hydrogen-bond acceptors (Lipinski definition) is 1. The fraction of sp³-hybridized carbons (Fsp3) is 0.222. The van der Waals surface area contributed by atoms with E-state index in [2.05, 4.69) is 43.3 Å². The summed E-state index contributed by atoms with van der Waals surface area (Å²) in [5.41, 5.74) is 3.51. The van der Waals surface area contributed by atoms with Crippen LogP contribution >= 0.6 is 0 Å². The van der Waals surface area contributed by atoms with Gasteiger partial charge in [-0.25, -0.2) is 0 Å². The largest absolute Gasteiger partial charge is 0.456 e. The van der Waals surface area contributed by atoms with Gasteiger partial charge in [0, 0.05) is 10.9 Å². The zero-order valence-electron chi connectivity index (χ0n) is 11.2. The Labute approximate surface area is 113 Å². The van der Waals surface area contributed by atoms with Gasteiger partial charge < -0.3 is 4.42 Å². The maximum Gasteiger partial charge on any atom is 0.135 e. The first-order chi connectivity index (χ1) is 9.36. The molecular formula is C18H18O. The number of rotatable bonds is 4. The Kier molecular flexibility index (Phi) is 3.37. The zero-order chi connectivity index (χ0) is 13.1. The second-order valence-electron chi connectivity index (χ2n) is 4.95. The van der Waals surface area contributed by atoms with Crippen LogP contribution in [0.2, 0.25) is 0 Å². The molecule has 0 aliphatic carbocycles. The van der Waals surface area contributed by atoms with Gasteiger partial charge in [0.15, 0.2) is 0 Å². The van der Waals surface area contributed by atoms with Crippen molar-refractivity contribution in [1.29, 1.82) is 0 Å². The van der Waals surface area contributed by atoms with E-state index >= 15 is 0 Å². The molecule has 0 radical (unpaired) electrons. The molecule has 2 aromatic carbocycles. The minimum absolute atomic E-state index is 0.947. The number of fused-ring (bicyclic) bond motifs is 1. The van der Waals surface area contributed by atoms with Gasteiger partial charge in [0.1, 0.15) is 11.3 Å². The van der Waals surface area contributed by atoms with Crippen molar-refractivity contribution in [1.82, 2.24) is 0 Å². The molecule has 0 aliphatic heterocycles.